The van der Waals surface area contributed by atoms with Crippen molar-refractivity contribution in [3.8, 4) is 0 Å². The number of amides is 1. The third-order valence-corrected chi connectivity index (χ3v) is 7.93. The van der Waals surface area contributed by atoms with Crippen LogP contribution < -0.4 is 5.32 Å². The lowest BCUT2D eigenvalue weighted by molar-refractivity contribution is -0.123. The summed E-state index contributed by atoms with van der Waals surface area (Å²) in [6.07, 6.45) is 39.7. The number of carbonyl (C=O) groups excluding carboxylic acids is 1. The Kier molecular flexibility index (Phi) is 31.5. The molecular weight excluding hydrogens is 494 g/mol. The van der Waals surface area contributed by atoms with Crippen LogP contribution in [0.3, 0.4) is 0 Å². The third-order valence-electron chi connectivity index (χ3n) is 7.93. The maximum Gasteiger partial charge on any atom is 0.220 e. The summed E-state index contributed by atoms with van der Waals surface area (Å²) in [6, 6.07) is -0.617. The van der Waals surface area contributed by atoms with Crippen LogP contribution in [-0.4, -0.2) is 34.9 Å². The van der Waals surface area contributed by atoms with Gasteiger partial charge >= 0.3 is 0 Å². The molecule has 40 heavy (non-hydrogen) atoms. The van der Waals surface area contributed by atoms with E-state index in [2.05, 4.69) is 31.3 Å². The van der Waals surface area contributed by atoms with Crippen LogP contribution in [0.4, 0.5) is 0 Å². The van der Waals surface area contributed by atoms with Gasteiger partial charge in [-0.15, -0.1) is 0 Å². The maximum atomic E-state index is 12.3. The number of hydrogen-bond donors (Lipinski definition) is 3. The Morgan fingerprint density at radius 2 is 0.950 bits per heavy atom. The van der Waals surface area contributed by atoms with Crippen LogP contribution in [0, 0.1) is 0 Å². The lowest BCUT2D eigenvalue weighted by Gasteiger charge is -2.20. The van der Waals surface area contributed by atoms with Crippen molar-refractivity contribution in [1.29, 1.82) is 0 Å². The molecule has 0 bridgehead atoms. The predicted octanol–water partition coefficient (Wildman–Crippen LogP) is 10.1. The molecule has 0 aromatic heterocycles. The van der Waals surface area contributed by atoms with Gasteiger partial charge in [0, 0.05) is 6.42 Å². The van der Waals surface area contributed by atoms with Crippen LogP contribution in [-0.2, 0) is 4.79 Å². The molecule has 2 unspecified atom stereocenters. The third kappa shape index (κ3) is 28.4. The molecule has 0 aromatic carbocycles. The van der Waals surface area contributed by atoms with Gasteiger partial charge in [0.25, 0.3) is 0 Å². The summed E-state index contributed by atoms with van der Waals surface area (Å²) in [5.41, 5.74) is 0. The second kappa shape index (κ2) is 32.4. The predicted molar refractivity (Wildman–Crippen MR) is 175 cm³/mol. The summed E-state index contributed by atoms with van der Waals surface area (Å²) < 4.78 is 0. The van der Waals surface area contributed by atoms with Crippen LogP contribution in [0.2, 0.25) is 0 Å². The minimum absolute atomic E-state index is 0.0698. The number of carbonyl (C=O) groups is 1. The zero-order valence-electron chi connectivity index (χ0n) is 26.9. The Balaban J connectivity index is 3.57. The van der Waals surface area contributed by atoms with Gasteiger partial charge in [0.1, 0.15) is 0 Å². The second-order valence-corrected chi connectivity index (χ2v) is 11.9. The summed E-state index contributed by atoms with van der Waals surface area (Å²) in [4.78, 5) is 12.3. The average Bonchev–Trinajstić information content (AvgIpc) is 2.96. The molecule has 236 valence electrons. The molecule has 1 amide bonds. The molecule has 0 saturated heterocycles. The summed E-state index contributed by atoms with van der Waals surface area (Å²) in [6.45, 7) is 4.26. The lowest BCUT2D eigenvalue weighted by Crippen LogP contribution is -2.45. The highest BCUT2D eigenvalue weighted by Crippen LogP contribution is 2.13. The number of aliphatic hydroxyl groups excluding tert-OH is 2. The molecule has 0 saturated carbocycles. The highest BCUT2D eigenvalue weighted by Gasteiger charge is 2.17. The van der Waals surface area contributed by atoms with Crippen LogP contribution in [0.25, 0.3) is 0 Å². The topological polar surface area (TPSA) is 69.6 Å². The minimum atomic E-state index is -0.834. The Hall–Kier alpha value is -1.13. The largest absolute Gasteiger partial charge is 0.394 e. The van der Waals surface area contributed by atoms with Crippen molar-refractivity contribution in [3.05, 3.63) is 24.3 Å². The highest BCUT2D eigenvalue weighted by atomic mass is 16.3. The molecule has 4 heteroatoms. The van der Waals surface area contributed by atoms with Gasteiger partial charge in [-0.05, 0) is 44.9 Å². The van der Waals surface area contributed by atoms with Crippen LogP contribution >= 0.6 is 0 Å². The second-order valence-electron chi connectivity index (χ2n) is 11.9. The molecular formula is C36H69NO3. The fraction of sp³-hybridized carbons (Fsp3) is 0.861. The van der Waals surface area contributed by atoms with E-state index in [0.29, 0.717) is 6.42 Å². The molecule has 0 spiro atoms. The standard InChI is InChI=1S/C36H69NO3/c1-3-5-7-9-11-13-14-15-16-17-18-19-20-21-22-24-26-28-30-32-36(40)37-34(33-38)35(39)31-29-27-25-23-12-10-8-6-4-2/h15-16,29,31,34-35,38-39H,3-14,17-28,30,32-33H2,1-2H3,(H,37,40)/b16-15-,31-29+. The van der Waals surface area contributed by atoms with Gasteiger partial charge in [0.05, 0.1) is 18.8 Å². The number of nitrogens with one attached hydrogen (secondary N) is 1. The first kappa shape index (κ1) is 38.9. The fourth-order valence-electron chi connectivity index (χ4n) is 5.17. The van der Waals surface area contributed by atoms with Crippen molar-refractivity contribution in [1.82, 2.24) is 5.32 Å². The first-order chi connectivity index (χ1) is 19.7. The zero-order chi connectivity index (χ0) is 29.4. The molecule has 3 N–H and O–H groups in total. The molecule has 4 nitrogen and oxygen atoms in total. The van der Waals surface area contributed by atoms with Gasteiger partial charge < -0.3 is 15.5 Å². The Labute approximate surface area is 249 Å². The number of aliphatic hydroxyl groups is 2. The molecule has 0 radical (unpaired) electrons. The van der Waals surface area contributed by atoms with Crippen molar-refractivity contribution >= 4 is 5.91 Å². The Bertz CT molecular complexity index is 574. The van der Waals surface area contributed by atoms with Gasteiger partial charge in [-0.25, -0.2) is 0 Å². The Morgan fingerprint density at radius 1 is 0.575 bits per heavy atom. The monoisotopic (exact) mass is 564 g/mol. The zero-order valence-corrected chi connectivity index (χ0v) is 26.9. The summed E-state index contributed by atoms with van der Waals surface area (Å²) >= 11 is 0. The summed E-state index contributed by atoms with van der Waals surface area (Å²) in [7, 11) is 0. The van der Waals surface area contributed by atoms with Gasteiger partial charge in [0.2, 0.25) is 5.91 Å². The van der Waals surface area contributed by atoms with Gasteiger partial charge in [-0.3, -0.25) is 4.79 Å². The van der Waals surface area contributed by atoms with Crippen molar-refractivity contribution in [2.45, 2.75) is 193 Å². The molecule has 0 fully saturated rings. The first-order valence-electron chi connectivity index (χ1n) is 17.6. The number of hydrogen-bond acceptors (Lipinski definition) is 3. The fourth-order valence-corrected chi connectivity index (χ4v) is 5.17. The molecule has 0 rings (SSSR count). The summed E-state index contributed by atoms with van der Waals surface area (Å²) in [5, 5.41) is 22.7. The quantitative estimate of drug-likeness (QED) is 0.0580. The van der Waals surface area contributed by atoms with Crippen LogP contribution in [0.5, 0.6) is 0 Å². The van der Waals surface area contributed by atoms with E-state index in [0.717, 1.165) is 25.7 Å². The van der Waals surface area contributed by atoms with Crippen LogP contribution in [0.15, 0.2) is 24.3 Å². The molecule has 0 aliphatic heterocycles. The molecule has 0 heterocycles. The van der Waals surface area contributed by atoms with Crippen molar-refractivity contribution in [3.63, 3.8) is 0 Å². The molecule has 0 aliphatic rings. The van der Waals surface area contributed by atoms with Gasteiger partial charge in [-0.1, -0.05) is 154 Å². The lowest BCUT2D eigenvalue weighted by atomic mass is 10.0. The van der Waals surface area contributed by atoms with Crippen molar-refractivity contribution in [2.24, 2.45) is 0 Å². The first-order valence-corrected chi connectivity index (χ1v) is 17.6. The average molecular weight is 564 g/mol. The summed E-state index contributed by atoms with van der Waals surface area (Å²) in [5.74, 6) is -0.0698. The number of allylic oxidation sites excluding steroid dienone is 3. The SMILES string of the molecule is CCCCCCCC/C=C\CCCCCCCCCCCC(=O)NC(CO)C(O)/C=C/CCCCCCCCC. The van der Waals surface area contributed by atoms with Crippen molar-refractivity contribution in [2.75, 3.05) is 6.61 Å². The number of rotatable bonds is 31. The normalized spacial score (nSPS) is 13.4. The van der Waals surface area contributed by atoms with E-state index in [9.17, 15) is 15.0 Å². The van der Waals surface area contributed by atoms with E-state index in [1.54, 1.807) is 6.08 Å². The van der Waals surface area contributed by atoms with E-state index < -0.39 is 12.1 Å². The number of unbranched alkanes of at least 4 members (excludes halogenated alkanes) is 22. The molecule has 2 atom stereocenters. The van der Waals surface area contributed by atoms with E-state index >= 15 is 0 Å². The molecule has 0 aliphatic carbocycles. The minimum Gasteiger partial charge on any atom is -0.394 e. The van der Waals surface area contributed by atoms with Crippen molar-refractivity contribution < 1.29 is 15.0 Å². The van der Waals surface area contributed by atoms with E-state index in [-0.39, 0.29) is 12.5 Å². The van der Waals surface area contributed by atoms with Crippen LogP contribution in [0.1, 0.15) is 181 Å². The van der Waals surface area contributed by atoms with Gasteiger partial charge in [-0.2, -0.15) is 0 Å². The van der Waals surface area contributed by atoms with Gasteiger partial charge in [0.15, 0.2) is 0 Å². The highest BCUT2D eigenvalue weighted by molar-refractivity contribution is 5.76. The maximum absolute atomic E-state index is 12.3. The van der Waals surface area contributed by atoms with E-state index in [1.165, 1.54) is 135 Å². The Morgan fingerprint density at radius 3 is 1.38 bits per heavy atom. The molecule has 0 aromatic rings. The smallest absolute Gasteiger partial charge is 0.220 e. The van der Waals surface area contributed by atoms with E-state index in [1.807, 2.05) is 6.08 Å². The van der Waals surface area contributed by atoms with E-state index in [4.69, 9.17) is 0 Å².